The number of anilines is 1. The zero-order chi connectivity index (χ0) is 13.8. The summed E-state index contributed by atoms with van der Waals surface area (Å²) in [5.41, 5.74) is 3.48. The van der Waals surface area contributed by atoms with Gasteiger partial charge in [0.15, 0.2) is 0 Å². The highest BCUT2D eigenvalue weighted by Crippen LogP contribution is 2.33. The van der Waals surface area contributed by atoms with Gasteiger partial charge in [-0.2, -0.15) is 0 Å². The van der Waals surface area contributed by atoms with E-state index in [2.05, 4.69) is 62.3 Å². The molecular weight excluding hydrogens is 370 g/mol. The van der Waals surface area contributed by atoms with E-state index in [1.165, 1.54) is 5.56 Å². The molecule has 0 aliphatic carbocycles. The number of benzene rings is 2. The van der Waals surface area contributed by atoms with Gasteiger partial charge < -0.3 is 10.1 Å². The number of para-hydroxylation sites is 1. The first-order chi connectivity index (χ1) is 9.11. The molecule has 0 radical (unpaired) electrons. The molecule has 0 amide bonds. The van der Waals surface area contributed by atoms with Gasteiger partial charge in [0.2, 0.25) is 0 Å². The highest BCUT2D eigenvalue weighted by Gasteiger charge is 2.09. The molecule has 0 atom stereocenters. The van der Waals surface area contributed by atoms with Crippen LogP contribution < -0.4 is 10.1 Å². The van der Waals surface area contributed by atoms with Gasteiger partial charge in [0.1, 0.15) is 5.75 Å². The summed E-state index contributed by atoms with van der Waals surface area (Å²) >= 11 is 7.02. The molecule has 0 fully saturated rings. The van der Waals surface area contributed by atoms with Gasteiger partial charge in [0, 0.05) is 22.3 Å². The Morgan fingerprint density at radius 2 is 1.89 bits per heavy atom. The van der Waals surface area contributed by atoms with Crippen LogP contribution in [0.5, 0.6) is 5.75 Å². The topological polar surface area (TPSA) is 21.3 Å². The van der Waals surface area contributed by atoms with Crippen LogP contribution in [0.4, 0.5) is 5.69 Å². The van der Waals surface area contributed by atoms with Crippen LogP contribution in [0, 0.1) is 6.92 Å². The molecule has 1 N–H and O–H groups in total. The molecule has 19 heavy (non-hydrogen) atoms. The minimum Gasteiger partial charge on any atom is -0.495 e. The van der Waals surface area contributed by atoms with E-state index >= 15 is 0 Å². The summed E-state index contributed by atoms with van der Waals surface area (Å²) in [6.07, 6.45) is 0. The number of halogens is 2. The Morgan fingerprint density at radius 1 is 1.16 bits per heavy atom. The van der Waals surface area contributed by atoms with Gasteiger partial charge in [-0.25, -0.2) is 0 Å². The van der Waals surface area contributed by atoms with E-state index in [9.17, 15) is 0 Å². The molecule has 0 saturated heterocycles. The first-order valence-corrected chi connectivity index (χ1v) is 7.52. The lowest BCUT2D eigenvalue weighted by atomic mass is 10.1. The molecule has 0 heterocycles. The molecule has 0 saturated carbocycles. The van der Waals surface area contributed by atoms with Crippen molar-refractivity contribution in [3.63, 3.8) is 0 Å². The Morgan fingerprint density at radius 3 is 2.58 bits per heavy atom. The fraction of sp³-hybridized carbons (Fsp3) is 0.200. The fourth-order valence-corrected chi connectivity index (χ4v) is 3.41. The van der Waals surface area contributed by atoms with E-state index in [4.69, 9.17) is 4.74 Å². The van der Waals surface area contributed by atoms with Gasteiger partial charge in [-0.15, -0.1) is 0 Å². The summed E-state index contributed by atoms with van der Waals surface area (Å²) in [6, 6.07) is 12.3. The van der Waals surface area contributed by atoms with Crippen LogP contribution in [0.3, 0.4) is 0 Å². The van der Waals surface area contributed by atoms with Crippen molar-refractivity contribution >= 4 is 37.5 Å². The van der Waals surface area contributed by atoms with Crippen LogP contribution in [-0.2, 0) is 6.54 Å². The average molecular weight is 385 g/mol. The average Bonchev–Trinajstić information content (AvgIpc) is 2.37. The van der Waals surface area contributed by atoms with Crippen molar-refractivity contribution < 1.29 is 4.74 Å². The smallest absolute Gasteiger partial charge is 0.138 e. The van der Waals surface area contributed by atoms with Crippen LogP contribution in [0.15, 0.2) is 45.3 Å². The van der Waals surface area contributed by atoms with Gasteiger partial charge >= 0.3 is 0 Å². The Labute approximate surface area is 130 Å². The number of hydrogen-bond acceptors (Lipinski definition) is 2. The Hall–Kier alpha value is -1.00. The number of methoxy groups -OCH3 is 1. The standard InChI is InChI=1S/C15H15Br2NO/c1-10-5-3-4-6-14(10)18-9-11-7-12(16)8-13(17)15(11)19-2/h3-8,18H,9H2,1-2H3. The van der Waals surface area contributed by atoms with E-state index < -0.39 is 0 Å². The Kier molecular flexibility index (Phi) is 4.88. The number of aryl methyl sites for hydroxylation is 1. The second-order valence-corrected chi connectivity index (χ2v) is 6.02. The van der Waals surface area contributed by atoms with Gasteiger partial charge in [0.25, 0.3) is 0 Å². The van der Waals surface area contributed by atoms with E-state index in [-0.39, 0.29) is 0 Å². The normalized spacial score (nSPS) is 10.3. The lowest BCUT2D eigenvalue weighted by Gasteiger charge is -2.14. The second-order valence-electron chi connectivity index (χ2n) is 4.25. The molecule has 0 aliphatic heterocycles. The third-order valence-corrected chi connectivity index (χ3v) is 3.95. The zero-order valence-corrected chi connectivity index (χ0v) is 14.0. The zero-order valence-electron chi connectivity index (χ0n) is 10.8. The molecule has 2 aromatic rings. The molecule has 0 aliphatic rings. The van der Waals surface area contributed by atoms with Crippen LogP contribution in [0.2, 0.25) is 0 Å². The van der Waals surface area contributed by atoms with Gasteiger partial charge in [-0.1, -0.05) is 34.1 Å². The minimum absolute atomic E-state index is 0.714. The van der Waals surface area contributed by atoms with Crippen LogP contribution in [0.25, 0.3) is 0 Å². The maximum atomic E-state index is 5.44. The SMILES string of the molecule is COc1c(Br)cc(Br)cc1CNc1ccccc1C. The molecule has 100 valence electrons. The Balaban J connectivity index is 2.22. The lowest BCUT2D eigenvalue weighted by molar-refractivity contribution is 0.407. The molecule has 0 aromatic heterocycles. The maximum absolute atomic E-state index is 5.44. The quantitative estimate of drug-likeness (QED) is 0.787. The number of hydrogen-bond donors (Lipinski definition) is 1. The fourth-order valence-electron chi connectivity index (χ4n) is 1.94. The summed E-state index contributed by atoms with van der Waals surface area (Å²) in [5, 5.41) is 3.44. The highest BCUT2D eigenvalue weighted by atomic mass is 79.9. The van der Waals surface area contributed by atoms with E-state index in [1.807, 2.05) is 18.2 Å². The van der Waals surface area contributed by atoms with Crippen molar-refractivity contribution in [3.05, 3.63) is 56.5 Å². The summed E-state index contributed by atoms with van der Waals surface area (Å²) < 4.78 is 7.42. The summed E-state index contributed by atoms with van der Waals surface area (Å²) in [5.74, 6) is 0.865. The predicted molar refractivity (Wildman–Crippen MR) is 86.9 cm³/mol. The second kappa shape index (κ2) is 6.44. The van der Waals surface area contributed by atoms with Crippen molar-refractivity contribution in [2.45, 2.75) is 13.5 Å². The lowest BCUT2D eigenvalue weighted by Crippen LogP contribution is -2.03. The molecule has 2 aromatic carbocycles. The highest BCUT2D eigenvalue weighted by molar-refractivity contribution is 9.11. The van der Waals surface area contributed by atoms with Crippen LogP contribution >= 0.6 is 31.9 Å². The number of nitrogens with one attached hydrogen (secondary N) is 1. The third kappa shape index (κ3) is 3.51. The largest absolute Gasteiger partial charge is 0.495 e. The molecule has 4 heteroatoms. The molecule has 2 nitrogen and oxygen atoms in total. The summed E-state index contributed by atoms with van der Waals surface area (Å²) in [6.45, 7) is 2.81. The third-order valence-electron chi connectivity index (χ3n) is 2.90. The first-order valence-electron chi connectivity index (χ1n) is 5.93. The van der Waals surface area contributed by atoms with E-state index in [0.717, 1.165) is 25.9 Å². The van der Waals surface area contributed by atoms with Crippen molar-refractivity contribution in [2.24, 2.45) is 0 Å². The van der Waals surface area contributed by atoms with Crippen molar-refractivity contribution in [3.8, 4) is 5.75 Å². The summed E-state index contributed by atoms with van der Waals surface area (Å²) in [4.78, 5) is 0. The van der Waals surface area contributed by atoms with Gasteiger partial charge in [-0.05, 0) is 46.6 Å². The summed E-state index contributed by atoms with van der Waals surface area (Å²) in [7, 11) is 1.69. The predicted octanol–water partition coefficient (Wildman–Crippen LogP) is 5.14. The first kappa shape index (κ1) is 14.4. The van der Waals surface area contributed by atoms with Gasteiger partial charge in [0.05, 0.1) is 11.6 Å². The molecule has 0 unspecified atom stereocenters. The molecule has 0 bridgehead atoms. The number of ether oxygens (including phenoxy) is 1. The number of rotatable bonds is 4. The van der Waals surface area contributed by atoms with Crippen molar-refractivity contribution in [1.29, 1.82) is 0 Å². The maximum Gasteiger partial charge on any atom is 0.138 e. The van der Waals surface area contributed by atoms with Crippen molar-refractivity contribution in [1.82, 2.24) is 0 Å². The minimum atomic E-state index is 0.714. The molecular formula is C15H15Br2NO. The monoisotopic (exact) mass is 383 g/mol. The van der Waals surface area contributed by atoms with Crippen molar-refractivity contribution in [2.75, 3.05) is 12.4 Å². The molecule has 0 spiro atoms. The molecule has 2 rings (SSSR count). The van der Waals surface area contributed by atoms with Crippen LogP contribution in [-0.4, -0.2) is 7.11 Å². The van der Waals surface area contributed by atoms with E-state index in [0.29, 0.717) is 6.54 Å². The Bertz CT molecular complexity index is 584. The van der Waals surface area contributed by atoms with Crippen LogP contribution in [0.1, 0.15) is 11.1 Å². The van der Waals surface area contributed by atoms with Gasteiger partial charge in [-0.3, -0.25) is 0 Å². The van der Waals surface area contributed by atoms with E-state index in [1.54, 1.807) is 7.11 Å².